The lowest BCUT2D eigenvalue weighted by Gasteiger charge is -2.13. The van der Waals surface area contributed by atoms with Gasteiger partial charge in [0.25, 0.3) is 0 Å². The highest BCUT2D eigenvalue weighted by atomic mass is 32.2. The minimum absolute atomic E-state index is 0.0345. The van der Waals surface area contributed by atoms with E-state index in [4.69, 9.17) is 0 Å². The van der Waals surface area contributed by atoms with Gasteiger partial charge < -0.3 is 14.8 Å². The van der Waals surface area contributed by atoms with Gasteiger partial charge in [-0.25, -0.2) is 0 Å². The van der Waals surface area contributed by atoms with Crippen molar-refractivity contribution in [1.29, 1.82) is 0 Å². The molecule has 28 heavy (non-hydrogen) atoms. The van der Waals surface area contributed by atoms with Crippen molar-refractivity contribution in [2.75, 3.05) is 30.1 Å². The zero-order valence-corrected chi connectivity index (χ0v) is 17.6. The van der Waals surface area contributed by atoms with Gasteiger partial charge in [-0.2, -0.15) is 0 Å². The third-order valence-electron chi connectivity index (χ3n) is 4.56. The van der Waals surface area contributed by atoms with Gasteiger partial charge in [-0.15, -0.1) is 21.5 Å². The fourth-order valence-corrected chi connectivity index (χ4v) is 4.49. The van der Waals surface area contributed by atoms with Crippen LogP contribution in [0.5, 0.6) is 0 Å². The predicted molar refractivity (Wildman–Crippen MR) is 116 cm³/mol. The van der Waals surface area contributed by atoms with Gasteiger partial charge in [0.05, 0.1) is 5.75 Å². The molecule has 0 radical (unpaired) electrons. The summed E-state index contributed by atoms with van der Waals surface area (Å²) in [5.41, 5.74) is 1.90. The Hall–Kier alpha value is -2.32. The molecule has 3 aromatic rings. The van der Waals surface area contributed by atoms with Crippen LogP contribution in [0.3, 0.4) is 0 Å². The first-order valence-corrected chi connectivity index (χ1v) is 11.1. The maximum Gasteiger partial charge on any atom is 0.234 e. The lowest BCUT2D eigenvalue weighted by atomic mass is 10.2. The van der Waals surface area contributed by atoms with Gasteiger partial charge in [0, 0.05) is 42.8 Å². The van der Waals surface area contributed by atoms with Crippen LogP contribution in [0.2, 0.25) is 0 Å². The number of aromatic nitrogens is 3. The van der Waals surface area contributed by atoms with Crippen LogP contribution in [0.4, 0.5) is 11.4 Å². The molecule has 146 valence electrons. The molecule has 1 fully saturated rings. The van der Waals surface area contributed by atoms with E-state index in [1.807, 2.05) is 43.3 Å². The molecule has 0 saturated heterocycles. The van der Waals surface area contributed by atoms with Crippen molar-refractivity contribution in [1.82, 2.24) is 14.8 Å². The standard InChI is InChI=1S/C20H23N5OS2/c1-24(2)15-7-5-14(6-8-15)21-19(26)13-28-20-23-22-18(25(20)16-9-10-16)12-17-4-3-11-27-17/h3-8,11,16H,9-10,12-13H2,1-2H3,(H,21,26). The average molecular weight is 414 g/mol. The van der Waals surface area contributed by atoms with E-state index in [1.165, 1.54) is 16.6 Å². The van der Waals surface area contributed by atoms with E-state index >= 15 is 0 Å². The molecule has 0 bridgehead atoms. The summed E-state index contributed by atoms with van der Waals surface area (Å²) in [6, 6.07) is 12.5. The number of hydrogen-bond acceptors (Lipinski definition) is 6. The summed E-state index contributed by atoms with van der Waals surface area (Å²) in [5.74, 6) is 1.28. The van der Waals surface area contributed by atoms with Gasteiger partial charge >= 0.3 is 0 Å². The van der Waals surface area contributed by atoms with Crippen molar-refractivity contribution in [3.63, 3.8) is 0 Å². The first-order chi connectivity index (χ1) is 13.6. The van der Waals surface area contributed by atoms with Crippen LogP contribution in [0.25, 0.3) is 0 Å². The fraction of sp³-hybridized carbons (Fsp3) is 0.350. The van der Waals surface area contributed by atoms with Crippen LogP contribution in [0.15, 0.2) is 46.9 Å². The summed E-state index contributed by atoms with van der Waals surface area (Å²) in [4.78, 5) is 15.7. The summed E-state index contributed by atoms with van der Waals surface area (Å²) in [5, 5.41) is 14.6. The maximum absolute atomic E-state index is 12.4. The Morgan fingerprint density at radius 2 is 2.04 bits per heavy atom. The van der Waals surface area contributed by atoms with Gasteiger partial charge in [-0.05, 0) is 48.6 Å². The molecule has 1 aromatic carbocycles. The molecule has 1 aliphatic rings. The van der Waals surface area contributed by atoms with Crippen molar-refractivity contribution in [3.05, 3.63) is 52.5 Å². The lowest BCUT2D eigenvalue weighted by Crippen LogP contribution is -2.15. The summed E-state index contributed by atoms with van der Waals surface area (Å²) in [6.07, 6.45) is 3.12. The van der Waals surface area contributed by atoms with Gasteiger partial charge in [-0.3, -0.25) is 4.79 Å². The number of carbonyl (C=O) groups excluding carboxylic acids is 1. The summed E-state index contributed by atoms with van der Waals surface area (Å²) >= 11 is 3.19. The second-order valence-corrected chi connectivity index (χ2v) is 9.01. The van der Waals surface area contributed by atoms with Crippen LogP contribution in [-0.2, 0) is 11.2 Å². The largest absolute Gasteiger partial charge is 0.378 e. The third-order valence-corrected chi connectivity index (χ3v) is 6.38. The molecular weight excluding hydrogens is 390 g/mol. The van der Waals surface area contributed by atoms with E-state index in [1.54, 1.807) is 11.3 Å². The molecule has 1 aliphatic carbocycles. The predicted octanol–water partition coefficient (Wildman–Crippen LogP) is 4.06. The number of hydrogen-bond donors (Lipinski definition) is 1. The molecule has 0 spiro atoms. The van der Waals surface area contributed by atoms with Crippen LogP contribution < -0.4 is 10.2 Å². The molecular formula is C20H23N5OS2. The second kappa shape index (κ2) is 8.36. The SMILES string of the molecule is CN(C)c1ccc(NC(=O)CSc2nnc(Cc3cccs3)n2C2CC2)cc1. The van der Waals surface area contributed by atoms with Gasteiger partial charge in [-0.1, -0.05) is 17.8 Å². The average Bonchev–Trinajstić information content (AvgIpc) is 3.23. The molecule has 1 N–H and O–H groups in total. The molecule has 2 aromatic heterocycles. The maximum atomic E-state index is 12.4. The molecule has 4 rings (SSSR count). The number of thioether (sulfide) groups is 1. The van der Waals surface area contributed by atoms with E-state index in [9.17, 15) is 4.79 Å². The molecule has 0 aliphatic heterocycles. The zero-order chi connectivity index (χ0) is 19.5. The Morgan fingerprint density at radius 3 is 2.68 bits per heavy atom. The Balaban J connectivity index is 1.37. The van der Waals surface area contributed by atoms with E-state index in [2.05, 4.69) is 37.6 Å². The number of amides is 1. The number of carbonyl (C=O) groups is 1. The first kappa shape index (κ1) is 19.0. The zero-order valence-electron chi connectivity index (χ0n) is 16.0. The summed E-state index contributed by atoms with van der Waals surface area (Å²) in [7, 11) is 3.99. The topological polar surface area (TPSA) is 63.1 Å². The molecule has 1 amide bonds. The van der Waals surface area contributed by atoms with Crippen molar-refractivity contribution in [3.8, 4) is 0 Å². The first-order valence-electron chi connectivity index (χ1n) is 9.26. The Kier molecular flexibility index (Phi) is 5.68. The smallest absolute Gasteiger partial charge is 0.234 e. The summed E-state index contributed by atoms with van der Waals surface area (Å²) < 4.78 is 2.23. The number of benzene rings is 1. The Morgan fingerprint density at radius 1 is 1.25 bits per heavy atom. The van der Waals surface area contributed by atoms with E-state index < -0.39 is 0 Å². The molecule has 8 heteroatoms. The van der Waals surface area contributed by atoms with Crippen molar-refractivity contribution in [2.24, 2.45) is 0 Å². The summed E-state index contributed by atoms with van der Waals surface area (Å²) in [6.45, 7) is 0. The second-order valence-electron chi connectivity index (χ2n) is 7.03. The Bertz CT molecular complexity index is 930. The van der Waals surface area contributed by atoms with E-state index in [-0.39, 0.29) is 5.91 Å². The molecule has 0 unspecified atom stereocenters. The molecule has 6 nitrogen and oxygen atoms in total. The third kappa shape index (κ3) is 4.56. The highest BCUT2D eigenvalue weighted by Gasteiger charge is 2.29. The highest BCUT2D eigenvalue weighted by molar-refractivity contribution is 7.99. The van der Waals surface area contributed by atoms with Crippen molar-refractivity contribution >= 4 is 40.4 Å². The quantitative estimate of drug-likeness (QED) is 0.564. The molecule has 0 atom stereocenters. The number of nitrogens with zero attached hydrogens (tertiary/aromatic N) is 4. The number of nitrogens with one attached hydrogen (secondary N) is 1. The number of rotatable bonds is 8. The van der Waals surface area contributed by atoms with Gasteiger partial charge in [0.1, 0.15) is 5.82 Å². The number of anilines is 2. The number of thiophene rings is 1. The van der Waals surface area contributed by atoms with Crippen LogP contribution in [0, 0.1) is 0 Å². The van der Waals surface area contributed by atoms with Crippen molar-refractivity contribution < 1.29 is 4.79 Å². The normalized spacial score (nSPS) is 13.5. The minimum Gasteiger partial charge on any atom is -0.378 e. The van der Waals surface area contributed by atoms with Gasteiger partial charge in [0.2, 0.25) is 5.91 Å². The van der Waals surface area contributed by atoms with E-state index in [0.717, 1.165) is 41.6 Å². The van der Waals surface area contributed by atoms with Crippen LogP contribution in [-0.4, -0.2) is 40.5 Å². The van der Waals surface area contributed by atoms with Gasteiger partial charge in [0.15, 0.2) is 5.16 Å². The fourth-order valence-electron chi connectivity index (χ4n) is 2.96. The molecule has 2 heterocycles. The van der Waals surface area contributed by atoms with Crippen LogP contribution >= 0.6 is 23.1 Å². The highest BCUT2D eigenvalue weighted by Crippen LogP contribution is 2.39. The lowest BCUT2D eigenvalue weighted by molar-refractivity contribution is -0.113. The Labute approximate surface area is 173 Å². The monoisotopic (exact) mass is 413 g/mol. The van der Waals surface area contributed by atoms with E-state index in [0.29, 0.717) is 11.8 Å². The van der Waals surface area contributed by atoms with Crippen LogP contribution in [0.1, 0.15) is 29.6 Å². The van der Waals surface area contributed by atoms with Crippen molar-refractivity contribution in [2.45, 2.75) is 30.5 Å². The minimum atomic E-state index is -0.0345. The molecule has 1 saturated carbocycles.